The summed E-state index contributed by atoms with van der Waals surface area (Å²) in [5.41, 5.74) is 1.92. The minimum atomic E-state index is -1.35. The normalized spacial score (nSPS) is 25.4. The molecular formula is C13H19BO2. The second kappa shape index (κ2) is 5.02. The van der Waals surface area contributed by atoms with E-state index < -0.39 is 7.12 Å². The Bertz CT molecular complexity index is 326. The molecule has 2 rings (SSSR count). The molecule has 0 unspecified atom stereocenters. The average Bonchev–Trinajstić information content (AvgIpc) is 2.30. The summed E-state index contributed by atoms with van der Waals surface area (Å²) < 4.78 is 0. The van der Waals surface area contributed by atoms with Crippen LogP contribution in [0.5, 0.6) is 0 Å². The zero-order valence-corrected chi connectivity index (χ0v) is 9.76. The maximum Gasteiger partial charge on any atom is 0.488 e. The number of hydrogen-bond acceptors (Lipinski definition) is 2. The smallest absolute Gasteiger partial charge is 0.423 e. The maximum absolute atomic E-state index is 9.02. The van der Waals surface area contributed by atoms with Crippen molar-refractivity contribution in [3.05, 3.63) is 29.8 Å². The quantitative estimate of drug-likeness (QED) is 0.741. The zero-order valence-electron chi connectivity index (χ0n) is 9.76. The number of rotatable bonds is 2. The molecule has 0 spiro atoms. The Morgan fingerprint density at radius 2 is 1.56 bits per heavy atom. The van der Waals surface area contributed by atoms with E-state index >= 15 is 0 Å². The molecule has 0 saturated heterocycles. The second-order valence-electron chi connectivity index (χ2n) is 5.00. The van der Waals surface area contributed by atoms with Crippen LogP contribution in [-0.4, -0.2) is 17.2 Å². The van der Waals surface area contributed by atoms with Crippen molar-refractivity contribution in [2.75, 3.05) is 0 Å². The van der Waals surface area contributed by atoms with Crippen molar-refractivity contribution in [2.24, 2.45) is 5.92 Å². The van der Waals surface area contributed by atoms with Gasteiger partial charge in [0.25, 0.3) is 0 Å². The van der Waals surface area contributed by atoms with Crippen LogP contribution in [0.4, 0.5) is 0 Å². The van der Waals surface area contributed by atoms with Crippen molar-refractivity contribution < 1.29 is 10.0 Å². The fourth-order valence-electron chi connectivity index (χ4n) is 2.53. The summed E-state index contributed by atoms with van der Waals surface area (Å²) in [6.45, 7) is 2.32. The Morgan fingerprint density at radius 1 is 1.00 bits per heavy atom. The highest BCUT2D eigenvalue weighted by Crippen LogP contribution is 2.34. The minimum Gasteiger partial charge on any atom is -0.423 e. The van der Waals surface area contributed by atoms with Crippen LogP contribution in [0.15, 0.2) is 24.3 Å². The molecule has 3 heteroatoms. The highest BCUT2D eigenvalue weighted by atomic mass is 16.4. The van der Waals surface area contributed by atoms with E-state index in [0.717, 1.165) is 5.92 Å². The summed E-state index contributed by atoms with van der Waals surface area (Å²) in [6, 6.07) is 7.71. The molecule has 0 bridgehead atoms. The molecule has 0 radical (unpaired) electrons. The first-order valence-electron chi connectivity index (χ1n) is 6.13. The Morgan fingerprint density at radius 3 is 2.06 bits per heavy atom. The molecule has 2 nitrogen and oxygen atoms in total. The van der Waals surface area contributed by atoms with Gasteiger partial charge in [0.15, 0.2) is 0 Å². The van der Waals surface area contributed by atoms with Gasteiger partial charge in [-0.1, -0.05) is 44.0 Å². The SMILES string of the molecule is CC1CCC(c2ccc(B(O)O)cc2)CC1. The van der Waals surface area contributed by atoms with Crippen molar-refractivity contribution in [1.29, 1.82) is 0 Å². The van der Waals surface area contributed by atoms with Gasteiger partial charge in [-0.3, -0.25) is 0 Å². The topological polar surface area (TPSA) is 40.5 Å². The molecule has 0 amide bonds. The third kappa shape index (κ3) is 2.66. The molecule has 1 aliphatic rings. The van der Waals surface area contributed by atoms with Gasteiger partial charge in [-0.05, 0) is 35.7 Å². The van der Waals surface area contributed by atoms with Crippen molar-refractivity contribution in [3.63, 3.8) is 0 Å². The lowest BCUT2D eigenvalue weighted by atomic mass is 9.76. The van der Waals surface area contributed by atoms with Crippen LogP contribution in [0.1, 0.15) is 44.1 Å². The first-order valence-corrected chi connectivity index (χ1v) is 6.13. The predicted molar refractivity (Wildman–Crippen MR) is 66.6 cm³/mol. The molecule has 1 aliphatic carbocycles. The predicted octanol–water partition coefficient (Wildman–Crippen LogP) is 1.66. The van der Waals surface area contributed by atoms with E-state index in [9.17, 15) is 0 Å². The third-order valence-corrected chi connectivity index (χ3v) is 3.72. The summed E-state index contributed by atoms with van der Waals surface area (Å²) in [5, 5.41) is 18.0. The highest BCUT2D eigenvalue weighted by molar-refractivity contribution is 6.58. The van der Waals surface area contributed by atoms with E-state index in [1.54, 1.807) is 0 Å². The van der Waals surface area contributed by atoms with Gasteiger partial charge in [-0.2, -0.15) is 0 Å². The Hall–Kier alpha value is -0.795. The summed E-state index contributed by atoms with van der Waals surface area (Å²) >= 11 is 0. The standard InChI is InChI=1S/C13H19BO2/c1-10-2-4-11(5-3-10)12-6-8-13(9-7-12)14(15)16/h6-11,15-16H,2-5H2,1H3. The fraction of sp³-hybridized carbons (Fsp3) is 0.538. The first kappa shape index (κ1) is 11.7. The molecule has 1 fully saturated rings. The molecular weight excluding hydrogens is 199 g/mol. The van der Waals surface area contributed by atoms with E-state index in [-0.39, 0.29) is 0 Å². The van der Waals surface area contributed by atoms with Crippen LogP contribution in [0.3, 0.4) is 0 Å². The van der Waals surface area contributed by atoms with E-state index in [1.165, 1.54) is 31.2 Å². The van der Waals surface area contributed by atoms with Gasteiger partial charge in [-0.25, -0.2) is 0 Å². The van der Waals surface area contributed by atoms with E-state index in [0.29, 0.717) is 11.4 Å². The molecule has 1 aromatic rings. The van der Waals surface area contributed by atoms with Crippen molar-refractivity contribution in [3.8, 4) is 0 Å². The van der Waals surface area contributed by atoms with Gasteiger partial charge in [0.05, 0.1) is 0 Å². The van der Waals surface area contributed by atoms with E-state index in [1.807, 2.05) is 24.3 Å². The van der Waals surface area contributed by atoms with E-state index in [2.05, 4.69) is 6.92 Å². The zero-order chi connectivity index (χ0) is 11.5. The molecule has 0 heterocycles. The number of benzene rings is 1. The van der Waals surface area contributed by atoms with Crippen LogP contribution in [0.25, 0.3) is 0 Å². The minimum absolute atomic E-state index is 0.577. The van der Waals surface area contributed by atoms with Crippen LogP contribution in [0.2, 0.25) is 0 Å². The van der Waals surface area contributed by atoms with Gasteiger partial charge >= 0.3 is 7.12 Å². The van der Waals surface area contributed by atoms with Gasteiger partial charge in [0, 0.05) is 0 Å². The Labute approximate surface area is 97.5 Å². The molecule has 1 aromatic carbocycles. The monoisotopic (exact) mass is 218 g/mol. The molecule has 2 N–H and O–H groups in total. The van der Waals surface area contributed by atoms with Crippen LogP contribution >= 0.6 is 0 Å². The number of hydrogen-bond donors (Lipinski definition) is 2. The maximum atomic E-state index is 9.02. The lowest BCUT2D eigenvalue weighted by Gasteiger charge is -2.26. The molecule has 86 valence electrons. The molecule has 0 aliphatic heterocycles. The first-order chi connectivity index (χ1) is 7.66. The Kier molecular flexibility index (Phi) is 3.67. The van der Waals surface area contributed by atoms with Crippen LogP contribution in [0, 0.1) is 5.92 Å². The molecule has 1 saturated carbocycles. The lowest BCUT2D eigenvalue weighted by Crippen LogP contribution is -2.29. The van der Waals surface area contributed by atoms with Crippen LogP contribution < -0.4 is 5.46 Å². The summed E-state index contributed by atoms with van der Waals surface area (Å²) in [4.78, 5) is 0. The van der Waals surface area contributed by atoms with Gasteiger partial charge < -0.3 is 10.0 Å². The van der Waals surface area contributed by atoms with Gasteiger partial charge in [0.1, 0.15) is 0 Å². The highest BCUT2D eigenvalue weighted by Gasteiger charge is 2.20. The molecule has 0 atom stereocenters. The van der Waals surface area contributed by atoms with Crippen LogP contribution in [-0.2, 0) is 0 Å². The largest absolute Gasteiger partial charge is 0.488 e. The fourth-order valence-corrected chi connectivity index (χ4v) is 2.53. The summed E-state index contributed by atoms with van der Waals surface area (Å²) in [5.74, 6) is 1.54. The van der Waals surface area contributed by atoms with Gasteiger partial charge in [-0.15, -0.1) is 0 Å². The second-order valence-corrected chi connectivity index (χ2v) is 5.00. The third-order valence-electron chi connectivity index (χ3n) is 3.72. The lowest BCUT2D eigenvalue weighted by molar-refractivity contribution is 0.348. The summed E-state index contributed by atoms with van der Waals surface area (Å²) in [7, 11) is -1.35. The Balaban J connectivity index is 2.04. The average molecular weight is 218 g/mol. The van der Waals surface area contributed by atoms with Crippen molar-refractivity contribution in [1.82, 2.24) is 0 Å². The molecule has 16 heavy (non-hydrogen) atoms. The summed E-state index contributed by atoms with van der Waals surface area (Å²) in [6.07, 6.45) is 5.16. The molecule has 0 aromatic heterocycles. The van der Waals surface area contributed by atoms with Crippen molar-refractivity contribution >= 4 is 12.6 Å². The van der Waals surface area contributed by atoms with Crippen molar-refractivity contribution in [2.45, 2.75) is 38.5 Å². The van der Waals surface area contributed by atoms with E-state index in [4.69, 9.17) is 10.0 Å². The van der Waals surface area contributed by atoms with Gasteiger partial charge in [0.2, 0.25) is 0 Å².